The molecule has 9 heteroatoms. The quantitative estimate of drug-likeness (QED) is 0.849. The van der Waals surface area contributed by atoms with Gasteiger partial charge in [-0.25, -0.2) is 0 Å². The molecule has 6 nitrogen and oxygen atoms in total. The van der Waals surface area contributed by atoms with Crippen LogP contribution in [-0.4, -0.2) is 32.2 Å². The number of hydrogen-bond acceptors (Lipinski definition) is 3. The summed E-state index contributed by atoms with van der Waals surface area (Å²) in [5.41, 5.74) is -1.74. The summed E-state index contributed by atoms with van der Waals surface area (Å²) in [6, 6.07) is 1.79. The van der Waals surface area contributed by atoms with Gasteiger partial charge in [0.25, 0.3) is 5.56 Å². The number of amides is 1. The van der Waals surface area contributed by atoms with Crippen molar-refractivity contribution in [1.29, 1.82) is 0 Å². The van der Waals surface area contributed by atoms with Crippen molar-refractivity contribution < 1.29 is 18.0 Å². The molecule has 0 atom stereocenters. The Labute approximate surface area is 129 Å². The van der Waals surface area contributed by atoms with E-state index in [1.807, 2.05) is 0 Å². The van der Waals surface area contributed by atoms with Gasteiger partial charge in [0.2, 0.25) is 5.91 Å². The van der Waals surface area contributed by atoms with Crippen LogP contribution in [0.15, 0.2) is 35.5 Å². The number of carbonyl (C=O) groups excluding carboxylic acids is 1. The Balaban J connectivity index is 2.12. The number of carbonyl (C=O) groups is 1. The fraction of sp³-hybridized carbons (Fsp3) is 0.357. The van der Waals surface area contributed by atoms with Crippen LogP contribution in [0.5, 0.6) is 0 Å². The number of likely N-dealkylation sites (N-methyl/N-ethyl adjacent to an activating group) is 1. The van der Waals surface area contributed by atoms with Crippen molar-refractivity contribution in [2.75, 3.05) is 7.05 Å². The average Bonchev–Trinajstić information content (AvgIpc) is 2.85. The summed E-state index contributed by atoms with van der Waals surface area (Å²) in [4.78, 5) is 25.2. The van der Waals surface area contributed by atoms with Crippen LogP contribution < -0.4 is 5.56 Å². The van der Waals surface area contributed by atoms with Crippen LogP contribution in [0, 0.1) is 0 Å². The van der Waals surface area contributed by atoms with Crippen molar-refractivity contribution in [1.82, 2.24) is 19.2 Å². The van der Waals surface area contributed by atoms with E-state index < -0.39 is 29.8 Å². The molecule has 0 aliphatic carbocycles. The topological polar surface area (TPSA) is 60.1 Å². The van der Waals surface area contributed by atoms with E-state index >= 15 is 0 Å². The Bertz CT molecular complexity index is 764. The van der Waals surface area contributed by atoms with E-state index in [-0.39, 0.29) is 6.54 Å². The van der Waals surface area contributed by atoms with Gasteiger partial charge in [0.15, 0.2) is 0 Å². The summed E-state index contributed by atoms with van der Waals surface area (Å²) in [5.74, 6) is -0.477. The lowest BCUT2D eigenvalue weighted by Gasteiger charge is -2.17. The van der Waals surface area contributed by atoms with Crippen LogP contribution in [0.3, 0.4) is 0 Å². The van der Waals surface area contributed by atoms with Gasteiger partial charge in [-0.1, -0.05) is 0 Å². The number of alkyl halides is 3. The maximum atomic E-state index is 12.7. The van der Waals surface area contributed by atoms with Crippen LogP contribution >= 0.6 is 0 Å². The second-order valence-electron chi connectivity index (χ2n) is 5.12. The lowest BCUT2D eigenvalue weighted by atomic mass is 10.2. The molecule has 124 valence electrons. The average molecular weight is 328 g/mol. The van der Waals surface area contributed by atoms with Crippen molar-refractivity contribution in [3.05, 3.63) is 52.2 Å². The van der Waals surface area contributed by atoms with Gasteiger partial charge < -0.3 is 9.47 Å². The number of pyridine rings is 1. The first-order chi connectivity index (χ1) is 10.7. The van der Waals surface area contributed by atoms with Crippen molar-refractivity contribution >= 4 is 5.91 Å². The van der Waals surface area contributed by atoms with Crippen LogP contribution in [0.25, 0.3) is 0 Å². The zero-order valence-electron chi connectivity index (χ0n) is 12.5. The van der Waals surface area contributed by atoms with Crippen molar-refractivity contribution in [3.8, 4) is 0 Å². The Hall–Kier alpha value is -2.58. The zero-order chi connectivity index (χ0) is 17.2. The summed E-state index contributed by atoms with van der Waals surface area (Å²) in [5, 5.41) is 3.96. The molecule has 23 heavy (non-hydrogen) atoms. The molecule has 0 aromatic carbocycles. The molecule has 0 N–H and O–H groups in total. The van der Waals surface area contributed by atoms with Gasteiger partial charge >= 0.3 is 6.18 Å². The molecule has 0 unspecified atom stereocenters. The second kappa shape index (κ2) is 6.27. The highest BCUT2D eigenvalue weighted by atomic mass is 19.4. The summed E-state index contributed by atoms with van der Waals surface area (Å²) >= 11 is 0. The van der Waals surface area contributed by atoms with Gasteiger partial charge in [0.05, 0.1) is 6.20 Å². The van der Waals surface area contributed by atoms with Crippen molar-refractivity contribution in [2.24, 2.45) is 7.05 Å². The molecule has 0 bridgehead atoms. The smallest absolute Gasteiger partial charge is 0.340 e. The lowest BCUT2D eigenvalue weighted by Crippen LogP contribution is -2.35. The molecule has 2 aromatic rings. The number of aryl methyl sites for hydroxylation is 1. The SMILES string of the molecule is CN(Cc1cnn(C)c1)C(=O)Cn1cccc(C(F)(F)F)c1=O. The van der Waals surface area contributed by atoms with Crippen molar-refractivity contribution in [2.45, 2.75) is 19.3 Å². The summed E-state index contributed by atoms with van der Waals surface area (Å²) in [7, 11) is 3.24. The van der Waals surface area contributed by atoms with Crippen LogP contribution in [0.1, 0.15) is 11.1 Å². The van der Waals surface area contributed by atoms with E-state index in [1.54, 1.807) is 24.1 Å². The minimum Gasteiger partial charge on any atom is -0.340 e. The molecule has 0 saturated carbocycles. The van der Waals surface area contributed by atoms with E-state index in [0.717, 1.165) is 22.4 Å². The Morgan fingerprint density at radius 3 is 2.65 bits per heavy atom. The number of halogens is 3. The van der Waals surface area contributed by atoms with E-state index in [2.05, 4.69) is 5.10 Å². The number of rotatable bonds is 4. The van der Waals surface area contributed by atoms with E-state index in [9.17, 15) is 22.8 Å². The predicted molar refractivity (Wildman–Crippen MR) is 75.4 cm³/mol. The normalized spacial score (nSPS) is 11.5. The first-order valence-electron chi connectivity index (χ1n) is 6.66. The summed E-state index contributed by atoms with van der Waals surface area (Å²) < 4.78 is 40.4. The molecular formula is C14H15F3N4O2. The largest absolute Gasteiger partial charge is 0.421 e. The van der Waals surface area contributed by atoms with Gasteiger partial charge in [-0.3, -0.25) is 14.3 Å². The Morgan fingerprint density at radius 2 is 2.09 bits per heavy atom. The number of hydrogen-bond donors (Lipinski definition) is 0. The van der Waals surface area contributed by atoms with E-state index in [4.69, 9.17) is 0 Å². The van der Waals surface area contributed by atoms with Crippen LogP contribution in [-0.2, 0) is 31.1 Å². The molecular weight excluding hydrogens is 313 g/mol. The van der Waals surface area contributed by atoms with Gasteiger partial charge in [-0.2, -0.15) is 18.3 Å². The maximum Gasteiger partial charge on any atom is 0.421 e. The molecule has 0 aliphatic heterocycles. The van der Waals surface area contributed by atoms with Crippen LogP contribution in [0.4, 0.5) is 13.2 Å². The molecule has 2 aromatic heterocycles. The third-order valence-corrected chi connectivity index (χ3v) is 3.24. The third kappa shape index (κ3) is 3.99. The van der Waals surface area contributed by atoms with Gasteiger partial charge in [0, 0.05) is 38.6 Å². The first kappa shape index (κ1) is 16.8. The fourth-order valence-electron chi connectivity index (χ4n) is 2.06. The van der Waals surface area contributed by atoms with Gasteiger partial charge in [0.1, 0.15) is 12.1 Å². The molecule has 2 rings (SSSR count). The van der Waals surface area contributed by atoms with E-state index in [0.29, 0.717) is 6.07 Å². The molecule has 1 amide bonds. The minimum absolute atomic E-state index is 0.250. The first-order valence-corrected chi connectivity index (χ1v) is 6.66. The zero-order valence-corrected chi connectivity index (χ0v) is 12.5. The standard InChI is InChI=1S/C14H15F3N4O2/c1-19(7-10-6-18-20(2)8-10)12(22)9-21-5-3-4-11(13(21)23)14(15,16)17/h3-6,8H,7,9H2,1-2H3. The third-order valence-electron chi connectivity index (χ3n) is 3.24. The minimum atomic E-state index is -4.75. The Morgan fingerprint density at radius 1 is 1.39 bits per heavy atom. The fourth-order valence-corrected chi connectivity index (χ4v) is 2.06. The predicted octanol–water partition coefficient (Wildman–Crippen LogP) is 1.26. The molecule has 2 heterocycles. The molecule has 0 radical (unpaired) electrons. The molecule has 0 saturated heterocycles. The highest BCUT2D eigenvalue weighted by molar-refractivity contribution is 5.75. The van der Waals surface area contributed by atoms with Crippen molar-refractivity contribution in [3.63, 3.8) is 0 Å². The van der Waals surface area contributed by atoms with E-state index in [1.165, 1.54) is 11.9 Å². The summed E-state index contributed by atoms with van der Waals surface area (Å²) in [6.45, 7) is -0.208. The van der Waals surface area contributed by atoms with Gasteiger partial charge in [-0.05, 0) is 12.1 Å². The molecule has 0 fully saturated rings. The summed E-state index contributed by atoms with van der Waals surface area (Å²) in [6.07, 6.45) is -0.279. The second-order valence-corrected chi connectivity index (χ2v) is 5.12. The Kier molecular flexibility index (Phi) is 4.57. The number of nitrogens with zero attached hydrogens (tertiary/aromatic N) is 4. The highest BCUT2D eigenvalue weighted by Gasteiger charge is 2.34. The highest BCUT2D eigenvalue weighted by Crippen LogP contribution is 2.25. The number of aromatic nitrogens is 3. The monoisotopic (exact) mass is 328 g/mol. The van der Waals surface area contributed by atoms with Crippen LogP contribution in [0.2, 0.25) is 0 Å². The maximum absolute atomic E-state index is 12.7. The molecule has 0 aliphatic rings. The molecule has 0 spiro atoms. The lowest BCUT2D eigenvalue weighted by molar-refractivity contribution is -0.139. The van der Waals surface area contributed by atoms with Gasteiger partial charge in [-0.15, -0.1) is 0 Å².